The van der Waals surface area contributed by atoms with Crippen molar-refractivity contribution < 1.29 is 14.7 Å². The van der Waals surface area contributed by atoms with Crippen LogP contribution in [0.2, 0.25) is 0 Å². The lowest BCUT2D eigenvalue weighted by Crippen LogP contribution is -2.19. The van der Waals surface area contributed by atoms with E-state index >= 15 is 0 Å². The number of anilines is 1. The predicted octanol–water partition coefficient (Wildman–Crippen LogP) is 3.94. The minimum Gasteiger partial charge on any atom is -0.386 e. The lowest BCUT2D eigenvalue weighted by atomic mass is 9.96. The number of nitrogens with one attached hydrogen (secondary N) is 2. The number of rotatable bonds is 2. The largest absolute Gasteiger partial charge is 0.386 e. The summed E-state index contributed by atoms with van der Waals surface area (Å²) in [5.41, 5.74) is 6.26. The Balaban J connectivity index is 1.46. The fraction of sp³-hybridized carbons (Fsp3) is 0.391. The first-order valence-corrected chi connectivity index (χ1v) is 11.6. The van der Waals surface area contributed by atoms with E-state index in [1.165, 1.54) is 22.3 Å². The molecule has 0 fully saturated rings. The minimum absolute atomic E-state index is 0.266. The number of hydrogen-bond acceptors (Lipinski definition) is 3. The third-order valence-electron chi connectivity index (χ3n) is 6.21. The minimum atomic E-state index is -1.04. The fourth-order valence-electron chi connectivity index (χ4n) is 4.71. The molecule has 2 aromatic carbocycles. The van der Waals surface area contributed by atoms with E-state index < -0.39 is 22.5 Å². The van der Waals surface area contributed by atoms with Crippen molar-refractivity contribution >= 4 is 28.5 Å². The Bertz CT molecular complexity index is 1100. The Morgan fingerprint density at radius 3 is 2.40 bits per heavy atom. The zero-order valence-corrected chi connectivity index (χ0v) is 18.0. The summed E-state index contributed by atoms with van der Waals surface area (Å²) in [5, 5.41) is 13.3. The fourth-order valence-corrected chi connectivity index (χ4v) is 6.01. The average Bonchev–Trinajstić information content (AvgIpc) is 3.40. The molecule has 1 aliphatic heterocycles. The first-order chi connectivity index (χ1) is 14.3. The first kappa shape index (κ1) is 19.5. The number of nitrogens with zero attached hydrogens (tertiary/aromatic N) is 1. The Morgan fingerprint density at radius 1 is 1.10 bits per heavy atom. The number of carbonyl (C=O) groups is 2. The summed E-state index contributed by atoms with van der Waals surface area (Å²) in [6.07, 6.45) is 6.36. The van der Waals surface area contributed by atoms with Gasteiger partial charge < -0.3 is 10.4 Å². The van der Waals surface area contributed by atoms with E-state index in [4.69, 9.17) is 0 Å². The molecule has 5 rings (SSSR count). The molecule has 3 aliphatic rings. The predicted molar refractivity (Wildman–Crippen MR) is 117 cm³/mol. The highest BCUT2D eigenvalue weighted by Gasteiger charge is 2.29. The number of aryl methyl sites for hydroxylation is 2. The van der Waals surface area contributed by atoms with Crippen LogP contribution in [0.15, 0.2) is 33.5 Å². The molecule has 2 aliphatic carbocycles. The van der Waals surface area contributed by atoms with Crippen LogP contribution >= 0.6 is 0 Å². The maximum atomic E-state index is 12.8. The van der Waals surface area contributed by atoms with E-state index in [1.807, 2.05) is 0 Å². The molecule has 1 atom stereocenters. The van der Waals surface area contributed by atoms with Crippen LogP contribution in [-0.2, 0) is 42.2 Å². The molecule has 0 radical (unpaired) electrons. The van der Waals surface area contributed by atoms with Crippen molar-refractivity contribution in [3.63, 3.8) is 0 Å². The molecule has 0 aromatic heterocycles. The highest BCUT2D eigenvalue weighted by molar-refractivity contribution is 7.87. The van der Waals surface area contributed by atoms with Gasteiger partial charge in [0.15, 0.2) is 0 Å². The second kappa shape index (κ2) is 7.03. The van der Waals surface area contributed by atoms with Gasteiger partial charge >= 0.3 is 6.03 Å². The van der Waals surface area contributed by atoms with Crippen molar-refractivity contribution in [3.05, 3.63) is 57.6 Å². The van der Waals surface area contributed by atoms with Gasteiger partial charge in [0.1, 0.15) is 0 Å². The summed E-state index contributed by atoms with van der Waals surface area (Å²) in [6.45, 7) is 3.35. The van der Waals surface area contributed by atoms with Crippen molar-refractivity contribution in [2.45, 2.75) is 62.9 Å². The molecule has 1 unspecified atom stereocenters. The van der Waals surface area contributed by atoms with E-state index in [0.717, 1.165) is 44.2 Å². The van der Waals surface area contributed by atoms with Gasteiger partial charge in [0.05, 0.1) is 16.1 Å². The molecule has 30 heavy (non-hydrogen) atoms. The maximum Gasteiger partial charge on any atom is 0.353 e. The van der Waals surface area contributed by atoms with Crippen LogP contribution in [-0.4, -0.2) is 17.0 Å². The molecular weight excluding hydrogens is 398 g/mol. The third-order valence-corrected chi connectivity index (χ3v) is 7.71. The van der Waals surface area contributed by atoms with E-state index in [0.29, 0.717) is 16.0 Å². The van der Waals surface area contributed by atoms with Crippen LogP contribution in [0.25, 0.3) is 0 Å². The highest BCUT2D eigenvalue weighted by atomic mass is 32.2. The molecule has 156 valence electrons. The summed E-state index contributed by atoms with van der Waals surface area (Å²) in [7, 11) is -1.04. The number of benzene rings is 2. The molecular formula is C23H25N3O3S. The first-order valence-electron chi connectivity index (χ1n) is 10.4. The monoisotopic (exact) mass is 423 g/mol. The number of amides is 3. The standard InChI is InChI=1S/C23H25N3O3S/c1-23(2,29)15-9-10-19-18(12-15)21(27)25-30(19)26-22(28)24-20-16-7-3-5-13(16)11-14-6-4-8-17(14)20/h9-12,29H,3-8H2,1-2H3,(H2,24,25,26,27,28). The molecule has 0 spiro atoms. The summed E-state index contributed by atoms with van der Waals surface area (Å²) >= 11 is 0. The highest BCUT2D eigenvalue weighted by Crippen LogP contribution is 2.38. The summed E-state index contributed by atoms with van der Waals surface area (Å²) in [4.78, 5) is 26.0. The van der Waals surface area contributed by atoms with Gasteiger partial charge in [-0.3, -0.25) is 9.52 Å². The summed E-state index contributed by atoms with van der Waals surface area (Å²) in [6, 6.07) is 7.14. The number of urea groups is 1. The van der Waals surface area contributed by atoms with Crippen molar-refractivity contribution in [2.75, 3.05) is 5.32 Å². The molecule has 1 heterocycles. The second-order valence-corrected chi connectivity index (χ2v) is 10.1. The van der Waals surface area contributed by atoms with Gasteiger partial charge in [-0.25, -0.2) is 4.79 Å². The van der Waals surface area contributed by atoms with Crippen LogP contribution in [0.4, 0.5) is 10.5 Å². The smallest absolute Gasteiger partial charge is 0.353 e. The Hall–Kier alpha value is -2.51. The van der Waals surface area contributed by atoms with Gasteiger partial charge in [-0.15, -0.1) is 4.36 Å². The van der Waals surface area contributed by atoms with Gasteiger partial charge in [0.2, 0.25) is 0 Å². The van der Waals surface area contributed by atoms with Gasteiger partial charge in [0, 0.05) is 16.6 Å². The van der Waals surface area contributed by atoms with Crippen LogP contribution in [0.3, 0.4) is 0 Å². The Kier molecular flexibility index (Phi) is 4.56. The number of carbonyl (C=O) groups excluding carboxylic acids is 2. The average molecular weight is 424 g/mol. The number of fused-ring (bicyclic) bond motifs is 3. The van der Waals surface area contributed by atoms with Gasteiger partial charge in [-0.05, 0) is 92.3 Å². The van der Waals surface area contributed by atoms with Crippen molar-refractivity contribution in [3.8, 4) is 0 Å². The van der Waals surface area contributed by atoms with Gasteiger partial charge in [-0.2, -0.15) is 0 Å². The van der Waals surface area contributed by atoms with Crippen LogP contribution in [0.5, 0.6) is 0 Å². The van der Waals surface area contributed by atoms with Gasteiger partial charge in [0.25, 0.3) is 5.91 Å². The summed E-state index contributed by atoms with van der Waals surface area (Å²) in [5.74, 6) is -0.266. The Labute approximate surface area is 178 Å². The SMILES string of the molecule is CC(C)(O)c1ccc2c(c1)C(=O)N/S2=N\C(=O)Nc1c2c(cc3c1CCC3)CCC2. The lowest BCUT2D eigenvalue weighted by Gasteiger charge is -2.18. The van der Waals surface area contributed by atoms with E-state index in [2.05, 4.69) is 20.5 Å². The second-order valence-electron chi connectivity index (χ2n) is 8.74. The van der Waals surface area contributed by atoms with Crippen LogP contribution in [0.1, 0.15) is 64.9 Å². The molecule has 0 saturated carbocycles. The maximum absolute atomic E-state index is 12.8. The molecule has 3 N–H and O–H groups in total. The molecule has 7 heteroatoms. The van der Waals surface area contributed by atoms with E-state index in [1.54, 1.807) is 32.0 Å². The Morgan fingerprint density at radius 2 is 1.77 bits per heavy atom. The van der Waals surface area contributed by atoms with Crippen LogP contribution in [0, 0.1) is 0 Å². The van der Waals surface area contributed by atoms with Crippen molar-refractivity contribution in [1.82, 2.24) is 4.72 Å². The summed E-state index contributed by atoms with van der Waals surface area (Å²) < 4.78 is 7.09. The quantitative estimate of drug-likeness (QED) is 0.683. The zero-order chi connectivity index (χ0) is 21.0. The molecule has 0 saturated heterocycles. The molecule has 3 amide bonds. The lowest BCUT2D eigenvalue weighted by molar-refractivity contribution is 0.0784. The molecule has 6 nitrogen and oxygen atoms in total. The van der Waals surface area contributed by atoms with Crippen LogP contribution < -0.4 is 10.0 Å². The topological polar surface area (TPSA) is 90.8 Å². The van der Waals surface area contributed by atoms with E-state index in [9.17, 15) is 14.7 Å². The van der Waals surface area contributed by atoms with E-state index in [-0.39, 0.29) is 5.91 Å². The van der Waals surface area contributed by atoms with Crippen molar-refractivity contribution in [1.29, 1.82) is 0 Å². The third kappa shape index (κ3) is 3.26. The van der Waals surface area contributed by atoms with Gasteiger partial charge in [-0.1, -0.05) is 12.1 Å². The van der Waals surface area contributed by atoms with Crippen molar-refractivity contribution in [2.24, 2.45) is 4.36 Å². The molecule has 2 aromatic rings. The number of aliphatic hydroxyl groups is 1. The zero-order valence-electron chi connectivity index (χ0n) is 17.2. The number of hydrogen-bond donors (Lipinski definition) is 3. The molecule has 0 bridgehead atoms. The normalized spacial score (nSPS) is 19.4.